The standard InChI is InChI=1S/C14H11F2NO3S/c1-21(19,20)10-4-2-3-8(5-10)13-11(15)6-9(14(17)18)7-12(13)16/h2-7H,1H3,(H2,17,18). The Hall–Kier alpha value is -2.28. The lowest BCUT2D eigenvalue weighted by Crippen LogP contribution is -2.12. The third-order valence-corrected chi connectivity index (χ3v) is 3.99. The van der Waals surface area contributed by atoms with Gasteiger partial charge in [-0.05, 0) is 29.8 Å². The molecule has 0 saturated heterocycles. The largest absolute Gasteiger partial charge is 0.366 e. The highest BCUT2D eigenvalue weighted by molar-refractivity contribution is 7.90. The highest BCUT2D eigenvalue weighted by Gasteiger charge is 2.17. The first kappa shape index (κ1) is 15.1. The van der Waals surface area contributed by atoms with Gasteiger partial charge in [0.2, 0.25) is 5.91 Å². The fourth-order valence-electron chi connectivity index (χ4n) is 1.87. The van der Waals surface area contributed by atoms with Crippen LogP contribution in [-0.2, 0) is 9.84 Å². The van der Waals surface area contributed by atoms with Gasteiger partial charge in [-0.15, -0.1) is 0 Å². The van der Waals surface area contributed by atoms with Gasteiger partial charge >= 0.3 is 0 Å². The monoisotopic (exact) mass is 311 g/mol. The van der Waals surface area contributed by atoms with Crippen molar-refractivity contribution in [3.63, 3.8) is 0 Å². The van der Waals surface area contributed by atoms with E-state index in [2.05, 4.69) is 0 Å². The molecule has 21 heavy (non-hydrogen) atoms. The molecular weight excluding hydrogens is 300 g/mol. The molecule has 2 aromatic carbocycles. The summed E-state index contributed by atoms with van der Waals surface area (Å²) >= 11 is 0. The van der Waals surface area contributed by atoms with Crippen LogP contribution in [0.15, 0.2) is 41.3 Å². The molecule has 0 aromatic heterocycles. The van der Waals surface area contributed by atoms with Crippen molar-refractivity contribution in [3.8, 4) is 11.1 Å². The second-order valence-electron chi connectivity index (χ2n) is 4.48. The zero-order chi connectivity index (χ0) is 15.8. The molecule has 0 atom stereocenters. The molecule has 0 aliphatic carbocycles. The number of hydrogen-bond acceptors (Lipinski definition) is 3. The average molecular weight is 311 g/mol. The van der Waals surface area contributed by atoms with Gasteiger partial charge in [-0.25, -0.2) is 17.2 Å². The molecule has 0 spiro atoms. The Morgan fingerprint density at radius 1 is 1.10 bits per heavy atom. The Morgan fingerprint density at radius 3 is 2.14 bits per heavy atom. The summed E-state index contributed by atoms with van der Waals surface area (Å²) in [5.41, 5.74) is 4.32. The molecule has 0 radical (unpaired) electrons. The Kier molecular flexibility index (Phi) is 3.78. The predicted octanol–water partition coefficient (Wildman–Crippen LogP) is 2.13. The minimum absolute atomic E-state index is 0.0576. The van der Waals surface area contributed by atoms with E-state index in [0.29, 0.717) is 0 Å². The van der Waals surface area contributed by atoms with Crippen molar-refractivity contribution >= 4 is 15.7 Å². The van der Waals surface area contributed by atoms with Gasteiger partial charge in [0.15, 0.2) is 9.84 Å². The van der Waals surface area contributed by atoms with Gasteiger partial charge in [-0.3, -0.25) is 4.79 Å². The summed E-state index contributed by atoms with van der Waals surface area (Å²) in [6.07, 6.45) is 0.995. The molecule has 0 saturated carbocycles. The van der Waals surface area contributed by atoms with Crippen LogP contribution in [0, 0.1) is 11.6 Å². The van der Waals surface area contributed by atoms with E-state index in [9.17, 15) is 22.0 Å². The fourth-order valence-corrected chi connectivity index (χ4v) is 2.54. The van der Waals surface area contributed by atoms with Gasteiger partial charge < -0.3 is 5.73 Å². The van der Waals surface area contributed by atoms with E-state index in [0.717, 1.165) is 18.4 Å². The SMILES string of the molecule is CS(=O)(=O)c1cccc(-c2c(F)cc(C(N)=O)cc2F)c1. The minimum atomic E-state index is -3.50. The van der Waals surface area contributed by atoms with Crippen molar-refractivity contribution in [1.29, 1.82) is 0 Å². The van der Waals surface area contributed by atoms with Crippen molar-refractivity contribution < 1.29 is 22.0 Å². The quantitative estimate of drug-likeness (QED) is 0.943. The first-order valence-electron chi connectivity index (χ1n) is 5.79. The van der Waals surface area contributed by atoms with E-state index in [4.69, 9.17) is 5.73 Å². The maximum atomic E-state index is 14.0. The van der Waals surface area contributed by atoms with E-state index in [1.807, 2.05) is 0 Å². The van der Waals surface area contributed by atoms with E-state index in [-0.39, 0.29) is 16.0 Å². The average Bonchev–Trinajstić information content (AvgIpc) is 2.37. The van der Waals surface area contributed by atoms with Crippen LogP contribution in [-0.4, -0.2) is 20.6 Å². The summed E-state index contributed by atoms with van der Waals surface area (Å²) in [7, 11) is -3.50. The normalized spacial score (nSPS) is 11.4. The molecule has 2 rings (SSSR count). The topological polar surface area (TPSA) is 77.2 Å². The van der Waals surface area contributed by atoms with Crippen molar-refractivity contribution in [2.45, 2.75) is 4.90 Å². The lowest BCUT2D eigenvalue weighted by atomic mass is 10.0. The molecular formula is C14H11F2NO3S. The highest BCUT2D eigenvalue weighted by atomic mass is 32.2. The summed E-state index contributed by atoms with van der Waals surface area (Å²) < 4.78 is 50.9. The van der Waals surface area contributed by atoms with Gasteiger partial charge in [0.05, 0.1) is 10.5 Å². The molecule has 0 aliphatic heterocycles. The number of carbonyl (C=O) groups excluding carboxylic acids is 1. The van der Waals surface area contributed by atoms with Crippen molar-refractivity contribution in [2.75, 3.05) is 6.26 Å². The fraction of sp³-hybridized carbons (Fsp3) is 0.0714. The number of carbonyl (C=O) groups is 1. The van der Waals surface area contributed by atoms with E-state index in [1.54, 1.807) is 0 Å². The molecule has 0 bridgehead atoms. The first-order chi connectivity index (χ1) is 9.70. The molecule has 0 heterocycles. The third kappa shape index (κ3) is 3.08. The molecule has 1 amide bonds. The van der Waals surface area contributed by atoms with Crippen LogP contribution >= 0.6 is 0 Å². The second kappa shape index (κ2) is 5.25. The Labute approximate surface area is 120 Å². The lowest BCUT2D eigenvalue weighted by Gasteiger charge is -2.08. The molecule has 2 aromatic rings. The van der Waals surface area contributed by atoms with Crippen molar-refractivity contribution in [1.82, 2.24) is 0 Å². The summed E-state index contributed by atoms with van der Waals surface area (Å²) in [6, 6.07) is 6.88. The first-order valence-corrected chi connectivity index (χ1v) is 7.68. The maximum absolute atomic E-state index is 14.0. The van der Waals surface area contributed by atoms with Crippen LogP contribution in [0.2, 0.25) is 0 Å². The predicted molar refractivity (Wildman–Crippen MR) is 73.4 cm³/mol. The maximum Gasteiger partial charge on any atom is 0.248 e. The minimum Gasteiger partial charge on any atom is -0.366 e. The molecule has 0 unspecified atom stereocenters. The van der Waals surface area contributed by atoms with Gasteiger partial charge in [0, 0.05) is 11.8 Å². The summed E-state index contributed by atoms with van der Waals surface area (Å²) in [6.45, 7) is 0. The molecule has 110 valence electrons. The zero-order valence-electron chi connectivity index (χ0n) is 10.9. The number of halogens is 2. The molecule has 0 fully saturated rings. The number of nitrogens with two attached hydrogens (primary N) is 1. The Balaban J connectivity index is 2.66. The van der Waals surface area contributed by atoms with Crippen LogP contribution in [0.25, 0.3) is 11.1 Å². The summed E-state index contributed by atoms with van der Waals surface area (Å²) in [4.78, 5) is 10.9. The van der Waals surface area contributed by atoms with Crippen molar-refractivity contribution in [2.24, 2.45) is 5.73 Å². The van der Waals surface area contributed by atoms with Gasteiger partial charge in [-0.2, -0.15) is 0 Å². The number of benzene rings is 2. The number of primary amides is 1. The summed E-state index contributed by atoms with van der Waals surface area (Å²) in [5.74, 6) is -2.94. The van der Waals surface area contributed by atoms with Crippen LogP contribution < -0.4 is 5.73 Å². The Morgan fingerprint density at radius 2 is 1.67 bits per heavy atom. The molecule has 2 N–H and O–H groups in total. The number of sulfone groups is 1. The second-order valence-corrected chi connectivity index (χ2v) is 6.49. The smallest absolute Gasteiger partial charge is 0.248 e. The third-order valence-electron chi connectivity index (χ3n) is 2.88. The van der Waals surface area contributed by atoms with E-state index < -0.39 is 32.9 Å². The zero-order valence-corrected chi connectivity index (χ0v) is 11.7. The lowest BCUT2D eigenvalue weighted by molar-refractivity contribution is 0.0999. The van der Waals surface area contributed by atoms with Crippen LogP contribution in [0.1, 0.15) is 10.4 Å². The number of hydrogen-bond donors (Lipinski definition) is 1. The molecule has 4 nitrogen and oxygen atoms in total. The number of amides is 1. The van der Waals surface area contributed by atoms with Crippen LogP contribution in [0.3, 0.4) is 0 Å². The Bertz CT molecular complexity index is 809. The highest BCUT2D eigenvalue weighted by Crippen LogP contribution is 2.28. The van der Waals surface area contributed by atoms with E-state index >= 15 is 0 Å². The number of rotatable bonds is 3. The molecule has 7 heteroatoms. The van der Waals surface area contributed by atoms with Gasteiger partial charge in [-0.1, -0.05) is 12.1 Å². The van der Waals surface area contributed by atoms with Crippen LogP contribution in [0.4, 0.5) is 8.78 Å². The van der Waals surface area contributed by atoms with Gasteiger partial charge in [0.25, 0.3) is 0 Å². The van der Waals surface area contributed by atoms with E-state index in [1.165, 1.54) is 24.3 Å². The van der Waals surface area contributed by atoms with Gasteiger partial charge in [0.1, 0.15) is 11.6 Å². The summed E-state index contributed by atoms with van der Waals surface area (Å²) in [5, 5.41) is 0. The van der Waals surface area contributed by atoms with Crippen molar-refractivity contribution in [3.05, 3.63) is 53.6 Å². The molecule has 0 aliphatic rings. The van der Waals surface area contributed by atoms with Crippen LogP contribution in [0.5, 0.6) is 0 Å².